The summed E-state index contributed by atoms with van der Waals surface area (Å²) in [5.41, 5.74) is 4.57. The third-order valence-electron chi connectivity index (χ3n) is 3.69. The average Bonchev–Trinajstić information content (AvgIpc) is 2.63. The van der Waals surface area contributed by atoms with Gasteiger partial charge in [0, 0.05) is 6.20 Å². The topological polar surface area (TPSA) is 77.2 Å². The number of carbonyl (C=O) groups excluding carboxylic acids is 1. The number of amides is 1. The minimum atomic E-state index is -4.28. The van der Waals surface area contributed by atoms with Crippen molar-refractivity contribution in [1.82, 2.24) is 10.3 Å². The van der Waals surface area contributed by atoms with E-state index in [-0.39, 0.29) is 6.10 Å². The zero-order chi connectivity index (χ0) is 19.0. The van der Waals surface area contributed by atoms with Crippen LogP contribution in [-0.4, -0.2) is 30.1 Å². The van der Waals surface area contributed by atoms with Crippen molar-refractivity contribution in [3.8, 4) is 5.75 Å². The summed E-state index contributed by atoms with van der Waals surface area (Å²) in [6.45, 7) is 1.79. The number of pyridine rings is 1. The van der Waals surface area contributed by atoms with Crippen LogP contribution < -0.4 is 15.8 Å². The van der Waals surface area contributed by atoms with Gasteiger partial charge in [0.2, 0.25) is 0 Å². The molecule has 140 valence electrons. The van der Waals surface area contributed by atoms with Gasteiger partial charge in [-0.3, -0.25) is 9.78 Å². The highest BCUT2D eigenvalue weighted by molar-refractivity contribution is 5.90. The van der Waals surface area contributed by atoms with Gasteiger partial charge in [-0.05, 0) is 62.3 Å². The number of rotatable bonds is 3. The molecule has 1 fully saturated rings. The number of primary amides is 1. The van der Waals surface area contributed by atoms with E-state index in [1.165, 1.54) is 18.3 Å². The van der Waals surface area contributed by atoms with Crippen LogP contribution in [0.4, 0.5) is 13.2 Å². The van der Waals surface area contributed by atoms with E-state index in [0.29, 0.717) is 11.4 Å². The average molecular weight is 367 g/mol. The maximum absolute atomic E-state index is 12.3. The zero-order valence-corrected chi connectivity index (χ0v) is 14.0. The second-order valence-electron chi connectivity index (χ2n) is 5.67. The van der Waals surface area contributed by atoms with Crippen LogP contribution in [0.2, 0.25) is 0 Å². The molecule has 1 aliphatic heterocycles. The van der Waals surface area contributed by atoms with Crippen LogP contribution in [0.25, 0.3) is 0 Å². The number of hydrogen-bond donors (Lipinski definition) is 2. The number of nitrogens with two attached hydrogens (primary N) is 1. The second kappa shape index (κ2) is 9.19. The molecule has 0 atom stereocenters. The van der Waals surface area contributed by atoms with Crippen LogP contribution in [0.5, 0.6) is 5.75 Å². The van der Waals surface area contributed by atoms with Crippen LogP contribution in [0.3, 0.4) is 0 Å². The molecule has 2 heterocycles. The van der Waals surface area contributed by atoms with E-state index >= 15 is 0 Å². The summed E-state index contributed by atoms with van der Waals surface area (Å²) in [6, 6.07) is 9.88. The van der Waals surface area contributed by atoms with Crippen LogP contribution in [0.15, 0.2) is 48.7 Å². The van der Waals surface area contributed by atoms with Crippen molar-refractivity contribution in [2.45, 2.75) is 25.1 Å². The molecule has 1 aromatic carbocycles. The van der Waals surface area contributed by atoms with Crippen molar-refractivity contribution in [2.24, 2.45) is 5.73 Å². The van der Waals surface area contributed by atoms with Crippen LogP contribution in [0, 0.1) is 0 Å². The smallest absolute Gasteiger partial charge is 0.416 e. The molecule has 8 heteroatoms. The van der Waals surface area contributed by atoms with Gasteiger partial charge in [-0.2, -0.15) is 13.2 Å². The number of hydrogen-bond acceptors (Lipinski definition) is 4. The lowest BCUT2D eigenvalue weighted by Gasteiger charge is -2.23. The first kappa shape index (κ1) is 19.7. The van der Waals surface area contributed by atoms with Crippen LogP contribution >= 0.6 is 0 Å². The Hall–Kier alpha value is -2.61. The van der Waals surface area contributed by atoms with Crippen molar-refractivity contribution in [2.75, 3.05) is 13.1 Å². The molecule has 2 aromatic rings. The summed E-state index contributed by atoms with van der Waals surface area (Å²) in [4.78, 5) is 14.1. The fourth-order valence-corrected chi connectivity index (χ4v) is 2.34. The van der Waals surface area contributed by atoms with Gasteiger partial charge in [0.05, 0.1) is 5.56 Å². The Labute approximate surface area is 149 Å². The molecule has 3 N–H and O–H groups in total. The normalized spacial score (nSPS) is 14.9. The number of halogens is 3. The highest BCUT2D eigenvalue weighted by Crippen LogP contribution is 2.30. The number of aromatic nitrogens is 1. The molecule has 1 saturated heterocycles. The Bertz CT molecular complexity index is 685. The number of nitrogens with one attached hydrogen (secondary N) is 1. The lowest BCUT2D eigenvalue weighted by Crippen LogP contribution is -2.34. The predicted molar refractivity (Wildman–Crippen MR) is 90.7 cm³/mol. The molecule has 0 spiro atoms. The minimum absolute atomic E-state index is 0.105. The molecule has 0 aliphatic carbocycles. The van der Waals surface area contributed by atoms with Crippen molar-refractivity contribution < 1.29 is 22.7 Å². The number of nitrogens with zero attached hydrogens (tertiary/aromatic N) is 1. The standard InChI is InChI=1S/C12H14F3NO.C6H6N2O/c13-12(14,15)9-1-3-10(4-2-9)17-11-5-7-16-8-6-11;7-6(9)5-3-1-2-4-8-5/h1-4,11,16H,5-8H2;1-4H,(H2,7,9). The Balaban J connectivity index is 0.000000228. The zero-order valence-electron chi connectivity index (χ0n) is 14.0. The molecule has 0 radical (unpaired) electrons. The quantitative estimate of drug-likeness (QED) is 0.874. The monoisotopic (exact) mass is 367 g/mol. The van der Waals surface area contributed by atoms with E-state index in [9.17, 15) is 18.0 Å². The SMILES string of the molecule is FC(F)(F)c1ccc(OC2CCNCC2)cc1.NC(=O)c1ccccn1. The van der Waals surface area contributed by atoms with E-state index in [1.807, 2.05) is 0 Å². The first-order valence-electron chi connectivity index (χ1n) is 8.12. The van der Waals surface area contributed by atoms with Gasteiger partial charge >= 0.3 is 6.18 Å². The lowest BCUT2D eigenvalue weighted by atomic mass is 10.1. The molecule has 0 unspecified atom stereocenters. The first-order valence-corrected chi connectivity index (χ1v) is 8.12. The van der Waals surface area contributed by atoms with Crippen molar-refractivity contribution in [1.29, 1.82) is 0 Å². The molecular formula is C18H20F3N3O2. The summed E-state index contributed by atoms with van der Waals surface area (Å²) in [7, 11) is 0. The van der Waals surface area contributed by atoms with Gasteiger partial charge in [0.25, 0.3) is 5.91 Å². The van der Waals surface area contributed by atoms with Crippen molar-refractivity contribution in [3.05, 3.63) is 59.9 Å². The summed E-state index contributed by atoms with van der Waals surface area (Å²) in [5, 5.41) is 3.20. The van der Waals surface area contributed by atoms with Gasteiger partial charge in [0.1, 0.15) is 17.5 Å². The minimum Gasteiger partial charge on any atom is -0.490 e. The molecule has 5 nitrogen and oxygen atoms in total. The Morgan fingerprint density at radius 3 is 2.23 bits per heavy atom. The van der Waals surface area contributed by atoms with Gasteiger partial charge in [0.15, 0.2) is 0 Å². The fourth-order valence-electron chi connectivity index (χ4n) is 2.34. The summed E-state index contributed by atoms with van der Waals surface area (Å²) < 4.78 is 42.6. The van der Waals surface area contributed by atoms with Gasteiger partial charge in [-0.15, -0.1) is 0 Å². The number of carbonyl (C=O) groups is 1. The molecule has 0 saturated carbocycles. The maximum atomic E-state index is 12.3. The summed E-state index contributed by atoms with van der Waals surface area (Å²) in [6.07, 6.45) is -0.872. The largest absolute Gasteiger partial charge is 0.490 e. The molecule has 1 aliphatic rings. The molecule has 3 rings (SSSR count). The molecule has 1 amide bonds. The second-order valence-corrected chi connectivity index (χ2v) is 5.67. The molecular weight excluding hydrogens is 347 g/mol. The van der Waals surface area contributed by atoms with E-state index in [1.54, 1.807) is 18.2 Å². The third kappa shape index (κ3) is 6.36. The number of alkyl halides is 3. The first-order chi connectivity index (χ1) is 12.4. The highest BCUT2D eigenvalue weighted by atomic mass is 19.4. The summed E-state index contributed by atoms with van der Waals surface area (Å²) in [5.74, 6) is 0.0144. The molecule has 1 aromatic heterocycles. The predicted octanol–water partition coefficient (Wildman–Crippen LogP) is 3.02. The van der Waals surface area contributed by atoms with Gasteiger partial charge < -0.3 is 15.8 Å². The number of ether oxygens (including phenoxy) is 1. The molecule has 26 heavy (non-hydrogen) atoms. The van der Waals surface area contributed by atoms with Gasteiger partial charge in [-0.25, -0.2) is 0 Å². The fraction of sp³-hybridized carbons (Fsp3) is 0.333. The van der Waals surface area contributed by atoms with Crippen molar-refractivity contribution in [3.63, 3.8) is 0 Å². The molecule has 0 bridgehead atoms. The Kier molecular flexibility index (Phi) is 6.97. The van der Waals surface area contributed by atoms with E-state index in [0.717, 1.165) is 38.1 Å². The lowest BCUT2D eigenvalue weighted by molar-refractivity contribution is -0.137. The maximum Gasteiger partial charge on any atom is 0.416 e. The number of piperidine rings is 1. The van der Waals surface area contributed by atoms with Gasteiger partial charge in [-0.1, -0.05) is 6.07 Å². The van der Waals surface area contributed by atoms with E-state index in [2.05, 4.69) is 10.3 Å². The third-order valence-corrected chi connectivity index (χ3v) is 3.69. The highest BCUT2D eigenvalue weighted by Gasteiger charge is 2.30. The van der Waals surface area contributed by atoms with E-state index in [4.69, 9.17) is 10.5 Å². The number of benzene rings is 1. The Morgan fingerprint density at radius 2 is 1.77 bits per heavy atom. The van der Waals surface area contributed by atoms with Crippen LogP contribution in [-0.2, 0) is 6.18 Å². The van der Waals surface area contributed by atoms with Crippen LogP contribution in [0.1, 0.15) is 28.9 Å². The van der Waals surface area contributed by atoms with E-state index < -0.39 is 17.6 Å². The summed E-state index contributed by atoms with van der Waals surface area (Å²) >= 11 is 0. The Morgan fingerprint density at radius 1 is 1.12 bits per heavy atom. The van der Waals surface area contributed by atoms with Crippen molar-refractivity contribution >= 4 is 5.91 Å².